The minimum atomic E-state index is 0.141. The second-order valence-corrected chi connectivity index (χ2v) is 7.54. The highest BCUT2D eigenvalue weighted by Crippen LogP contribution is 2.22. The molecule has 1 heterocycles. The number of carbonyl (C=O) groups excluding carboxylic acids is 1. The van der Waals surface area contributed by atoms with Crippen molar-refractivity contribution >= 4 is 32.6 Å². The Bertz CT molecular complexity index is 927. The number of amides is 1. The van der Waals surface area contributed by atoms with E-state index >= 15 is 0 Å². The lowest BCUT2D eigenvalue weighted by Gasteiger charge is -2.35. The first-order valence-electron chi connectivity index (χ1n) is 8.95. The van der Waals surface area contributed by atoms with E-state index in [0.717, 1.165) is 53.5 Å². The standard InChI is InChI=1S/C22H21BrN2O/c23-21-11-4-2-7-18(21)16-24-12-14-25(15-13-24)22(26)20-10-5-8-17-6-1-3-9-19(17)20/h1-11H,12-16H2. The van der Waals surface area contributed by atoms with E-state index in [9.17, 15) is 4.79 Å². The summed E-state index contributed by atoms with van der Waals surface area (Å²) in [5.41, 5.74) is 2.10. The number of halogens is 1. The van der Waals surface area contributed by atoms with E-state index in [1.807, 2.05) is 41.3 Å². The van der Waals surface area contributed by atoms with Gasteiger partial charge in [0.25, 0.3) is 5.91 Å². The fourth-order valence-electron chi connectivity index (χ4n) is 3.56. The Morgan fingerprint density at radius 2 is 1.54 bits per heavy atom. The first kappa shape index (κ1) is 17.3. The number of hydrogen-bond donors (Lipinski definition) is 0. The van der Waals surface area contributed by atoms with E-state index in [1.165, 1.54) is 5.56 Å². The summed E-state index contributed by atoms with van der Waals surface area (Å²) in [6.45, 7) is 4.26. The van der Waals surface area contributed by atoms with Gasteiger partial charge in [-0.3, -0.25) is 9.69 Å². The number of fused-ring (bicyclic) bond motifs is 1. The van der Waals surface area contributed by atoms with Crippen molar-refractivity contribution in [1.82, 2.24) is 9.80 Å². The molecule has 3 aromatic carbocycles. The van der Waals surface area contributed by atoms with Crippen molar-refractivity contribution in [2.45, 2.75) is 6.54 Å². The second kappa shape index (κ2) is 7.60. The van der Waals surface area contributed by atoms with Crippen LogP contribution in [-0.4, -0.2) is 41.9 Å². The quantitative estimate of drug-likeness (QED) is 0.633. The molecular formula is C22H21BrN2O. The number of rotatable bonds is 3. The molecular weight excluding hydrogens is 388 g/mol. The molecule has 0 spiro atoms. The lowest BCUT2D eigenvalue weighted by atomic mass is 10.0. The molecule has 3 aromatic rings. The average molecular weight is 409 g/mol. The van der Waals surface area contributed by atoms with Crippen LogP contribution >= 0.6 is 15.9 Å². The predicted molar refractivity (Wildman–Crippen MR) is 109 cm³/mol. The Hall–Kier alpha value is -2.17. The molecule has 132 valence electrons. The van der Waals surface area contributed by atoms with Gasteiger partial charge in [-0.25, -0.2) is 0 Å². The van der Waals surface area contributed by atoms with Gasteiger partial charge in [0.05, 0.1) is 0 Å². The monoisotopic (exact) mass is 408 g/mol. The van der Waals surface area contributed by atoms with Gasteiger partial charge in [0.15, 0.2) is 0 Å². The molecule has 0 atom stereocenters. The van der Waals surface area contributed by atoms with Gasteiger partial charge in [0, 0.05) is 42.8 Å². The molecule has 1 aliphatic rings. The molecule has 1 saturated heterocycles. The summed E-state index contributed by atoms with van der Waals surface area (Å²) in [5, 5.41) is 2.15. The SMILES string of the molecule is O=C(c1cccc2ccccc12)N1CCN(Cc2ccccc2Br)CC1. The summed E-state index contributed by atoms with van der Waals surface area (Å²) in [5.74, 6) is 0.141. The van der Waals surface area contributed by atoms with Crippen molar-refractivity contribution in [3.05, 3.63) is 82.3 Å². The Kier molecular flexibility index (Phi) is 5.05. The lowest BCUT2D eigenvalue weighted by molar-refractivity contribution is 0.0630. The van der Waals surface area contributed by atoms with Crippen LogP contribution < -0.4 is 0 Å². The highest BCUT2D eigenvalue weighted by Gasteiger charge is 2.23. The van der Waals surface area contributed by atoms with Crippen molar-refractivity contribution in [2.24, 2.45) is 0 Å². The second-order valence-electron chi connectivity index (χ2n) is 6.69. The number of carbonyl (C=O) groups is 1. The Morgan fingerprint density at radius 1 is 0.846 bits per heavy atom. The van der Waals surface area contributed by atoms with Crippen LogP contribution in [0, 0.1) is 0 Å². The molecule has 0 bridgehead atoms. The average Bonchev–Trinajstić information content (AvgIpc) is 2.69. The van der Waals surface area contributed by atoms with E-state index in [0.29, 0.717) is 0 Å². The van der Waals surface area contributed by atoms with Gasteiger partial charge in [-0.15, -0.1) is 0 Å². The van der Waals surface area contributed by atoms with Gasteiger partial charge in [0.1, 0.15) is 0 Å². The fraction of sp³-hybridized carbons (Fsp3) is 0.227. The van der Waals surface area contributed by atoms with Gasteiger partial charge < -0.3 is 4.90 Å². The molecule has 0 saturated carbocycles. The van der Waals surface area contributed by atoms with Crippen molar-refractivity contribution < 1.29 is 4.79 Å². The van der Waals surface area contributed by atoms with Gasteiger partial charge in [-0.2, -0.15) is 0 Å². The summed E-state index contributed by atoms with van der Waals surface area (Å²) in [6, 6.07) is 22.4. The van der Waals surface area contributed by atoms with Crippen LogP contribution in [-0.2, 0) is 6.54 Å². The molecule has 0 aliphatic carbocycles. The van der Waals surface area contributed by atoms with Crippen LogP contribution in [0.2, 0.25) is 0 Å². The molecule has 1 aliphatic heterocycles. The smallest absolute Gasteiger partial charge is 0.254 e. The van der Waals surface area contributed by atoms with Gasteiger partial charge in [-0.05, 0) is 28.5 Å². The number of piperazine rings is 1. The van der Waals surface area contributed by atoms with Gasteiger partial charge in [0.2, 0.25) is 0 Å². The molecule has 4 heteroatoms. The Labute approximate surface area is 162 Å². The molecule has 3 nitrogen and oxygen atoms in total. The Balaban J connectivity index is 1.44. The van der Waals surface area contributed by atoms with Crippen LogP contribution in [0.1, 0.15) is 15.9 Å². The Morgan fingerprint density at radius 3 is 2.35 bits per heavy atom. The molecule has 4 rings (SSSR count). The van der Waals surface area contributed by atoms with E-state index in [4.69, 9.17) is 0 Å². The maximum absolute atomic E-state index is 13.0. The van der Waals surface area contributed by atoms with Crippen LogP contribution in [0.15, 0.2) is 71.2 Å². The van der Waals surface area contributed by atoms with E-state index < -0.39 is 0 Å². The fourth-order valence-corrected chi connectivity index (χ4v) is 3.97. The van der Waals surface area contributed by atoms with Crippen molar-refractivity contribution in [3.8, 4) is 0 Å². The minimum absolute atomic E-state index is 0.141. The zero-order valence-electron chi connectivity index (χ0n) is 14.6. The number of benzene rings is 3. The largest absolute Gasteiger partial charge is 0.336 e. The normalized spacial score (nSPS) is 15.3. The molecule has 1 fully saturated rings. The molecule has 0 unspecified atom stereocenters. The van der Waals surface area contributed by atoms with E-state index in [-0.39, 0.29) is 5.91 Å². The van der Waals surface area contributed by atoms with Crippen molar-refractivity contribution in [2.75, 3.05) is 26.2 Å². The molecule has 0 N–H and O–H groups in total. The summed E-state index contributed by atoms with van der Waals surface area (Å²) in [4.78, 5) is 17.4. The first-order valence-corrected chi connectivity index (χ1v) is 9.74. The summed E-state index contributed by atoms with van der Waals surface area (Å²) < 4.78 is 1.15. The van der Waals surface area contributed by atoms with E-state index in [2.05, 4.69) is 51.2 Å². The summed E-state index contributed by atoms with van der Waals surface area (Å²) in [6.07, 6.45) is 0. The van der Waals surface area contributed by atoms with Crippen LogP contribution in [0.4, 0.5) is 0 Å². The van der Waals surface area contributed by atoms with Gasteiger partial charge >= 0.3 is 0 Å². The van der Waals surface area contributed by atoms with Crippen molar-refractivity contribution in [3.63, 3.8) is 0 Å². The number of hydrogen-bond acceptors (Lipinski definition) is 2. The highest BCUT2D eigenvalue weighted by atomic mass is 79.9. The minimum Gasteiger partial charge on any atom is -0.336 e. The maximum Gasteiger partial charge on any atom is 0.254 e. The zero-order chi connectivity index (χ0) is 17.9. The van der Waals surface area contributed by atoms with Gasteiger partial charge in [-0.1, -0.05) is 70.5 Å². The van der Waals surface area contributed by atoms with Crippen LogP contribution in [0.3, 0.4) is 0 Å². The summed E-state index contributed by atoms with van der Waals surface area (Å²) in [7, 11) is 0. The predicted octanol–water partition coefficient (Wildman–Crippen LogP) is 4.56. The molecule has 0 radical (unpaired) electrons. The zero-order valence-corrected chi connectivity index (χ0v) is 16.2. The maximum atomic E-state index is 13.0. The van der Waals surface area contributed by atoms with E-state index in [1.54, 1.807) is 0 Å². The molecule has 1 amide bonds. The topological polar surface area (TPSA) is 23.6 Å². The summed E-state index contributed by atoms with van der Waals surface area (Å²) >= 11 is 3.62. The third kappa shape index (κ3) is 3.53. The molecule has 0 aromatic heterocycles. The number of nitrogens with zero attached hydrogens (tertiary/aromatic N) is 2. The first-order chi connectivity index (χ1) is 12.7. The van der Waals surface area contributed by atoms with Crippen LogP contribution in [0.5, 0.6) is 0 Å². The van der Waals surface area contributed by atoms with Crippen LogP contribution in [0.25, 0.3) is 10.8 Å². The lowest BCUT2D eigenvalue weighted by Crippen LogP contribution is -2.48. The van der Waals surface area contributed by atoms with Crippen molar-refractivity contribution in [1.29, 1.82) is 0 Å². The highest BCUT2D eigenvalue weighted by molar-refractivity contribution is 9.10. The third-order valence-electron chi connectivity index (χ3n) is 5.03. The molecule has 26 heavy (non-hydrogen) atoms. The third-order valence-corrected chi connectivity index (χ3v) is 5.80.